The fraction of sp³-hybridized carbons (Fsp3) is 0.796. The highest BCUT2D eigenvalue weighted by Crippen LogP contribution is 2.42. The second-order valence-corrected chi connectivity index (χ2v) is 17.5. The standard InChI is InChI=1S/C49H90NO8P/c1-3-5-7-9-11-13-15-17-19-21-22-23-24-26-27-29-31-33-35-37-39-41-48(52)50-43-44-57-59(54,55)58-46-47(51)45-56-49(53)42-40-38-36-34-32-30-28-25-20-18-16-14-12-10-8-6-4-2/h11,13,17,19,22-23,26-27,47,51H,3-10,12,14-16,18,20-21,24-25,28-46H2,1-2H3,(H,50,52)(H,54,55)/b13-11-,19-17-,23-22-,27-26-. The van der Waals surface area contributed by atoms with Gasteiger partial charge < -0.3 is 20.1 Å². The monoisotopic (exact) mass is 852 g/mol. The van der Waals surface area contributed by atoms with Gasteiger partial charge in [0.25, 0.3) is 0 Å². The van der Waals surface area contributed by atoms with E-state index < -0.39 is 26.5 Å². The van der Waals surface area contributed by atoms with E-state index in [0.717, 1.165) is 77.0 Å². The van der Waals surface area contributed by atoms with Crippen molar-refractivity contribution in [1.29, 1.82) is 0 Å². The summed E-state index contributed by atoms with van der Waals surface area (Å²) in [5, 5.41) is 12.7. The second-order valence-electron chi connectivity index (χ2n) is 16.1. The first kappa shape index (κ1) is 57.0. The van der Waals surface area contributed by atoms with Crippen molar-refractivity contribution in [1.82, 2.24) is 5.32 Å². The van der Waals surface area contributed by atoms with E-state index >= 15 is 0 Å². The molecule has 0 radical (unpaired) electrons. The fourth-order valence-corrected chi connectivity index (χ4v) is 7.36. The molecule has 59 heavy (non-hydrogen) atoms. The van der Waals surface area contributed by atoms with Crippen molar-refractivity contribution in [2.75, 3.05) is 26.4 Å². The number of carbonyl (C=O) groups is 2. The van der Waals surface area contributed by atoms with Crippen LogP contribution in [-0.4, -0.2) is 54.3 Å². The molecular formula is C49H90NO8P. The van der Waals surface area contributed by atoms with E-state index in [4.69, 9.17) is 13.8 Å². The predicted octanol–water partition coefficient (Wildman–Crippen LogP) is 13.9. The Bertz CT molecular complexity index is 1110. The number of unbranched alkanes of at least 4 members (excludes halogenated alkanes) is 24. The van der Waals surface area contributed by atoms with Crippen LogP contribution in [0.5, 0.6) is 0 Å². The average molecular weight is 852 g/mol. The van der Waals surface area contributed by atoms with Crippen molar-refractivity contribution in [3.8, 4) is 0 Å². The van der Waals surface area contributed by atoms with Crippen molar-refractivity contribution in [2.45, 2.75) is 225 Å². The summed E-state index contributed by atoms with van der Waals surface area (Å²) in [6, 6.07) is 0. The van der Waals surface area contributed by atoms with Crippen molar-refractivity contribution in [2.24, 2.45) is 0 Å². The Balaban J connectivity index is 3.61. The lowest BCUT2D eigenvalue weighted by molar-refractivity contribution is -0.147. The van der Waals surface area contributed by atoms with Gasteiger partial charge in [-0.05, 0) is 57.8 Å². The number of allylic oxidation sites excluding steroid dienone is 8. The Morgan fingerprint density at radius 1 is 0.525 bits per heavy atom. The Morgan fingerprint density at radius 3 is 1.41 bits per heavy atom. The minimum atomic E-state index is -4.43. The van der Waals surface area contributed by atoms with Crippen LogP contribution in [0.15, 0.2) is 48.6 Å². The number of phosphoric ester groups is 1. The molecule has 344 valence electrons. The van der Waals surface area contributed by atoms with E-state index in [1.54, 1.807) is 0 Å². The number of nitrogens with one attached hydrogen (secondary N) is 1. The third kappa shape index (κ3) is 46.9. The van der Waals surface area contributed by atoms with Crippen molar-refractivity contribution >= 4 is 19.7 Å². The molecule has 0 aromatic rings. The molecule has 0 bridgehead atoms. The number of hydrogen-bond acceptors (Lipinski definition) is 7. The zero-order chi connectivity index (χ0) is 43.2. The maximum Gasteiger partial charge on any atom is 0.472 e. The topological polar surface area (TPSA) is 131 Å². The molecule has 0 aliphatic carbocycles. The Kier molecular flexibility index (Phi) is 43.9. The minimum absolute atomic E-state index is 0.0708. The van der Waals surface area contributed by atoms with Crippen LogP contribution in [0.3, 0.4) is 0 Å². The number of esters is 1. The average Bonchev–Trinajstić information content (AvgIpc) is 3.22. The number of aliphatic hydroxyl groups is 1. The van der Waals surface area contributed by atoms with E-state index in [1.165, 1.54) is 116 Å². The van der Waals surface area contributed by atoms with E-state index in [1.807, 2.05) is 0 Å². The molecule has 0 aromatic heterocycles. The van der Waals surface area contributed by atoms with Gasteiger partial charge in [0.2, 0.25) is 5.91 Å². The molecule has 0 fully saturated rings. The largest absolute Gasteiger partial charge is 0.472 e. The molecule has 2 atom stereocenters. The van der Waals surface area contributed by atoms with Gasteiger partial charge in [-0.2, -0.15) is 0 Å². The van der Waals surface area contributed by atoms with Gasteiger partial charge in [-0.15, -0.1) is 0 Å². The van der Waals surface area contributed by atoms with Crippen LogP contribution in [0.2, 0.25) is 0 Å². The van der Waals surface area contributed by atoms with Gasteiger partial charge in [0.05, 0.1) is 13.2 Å². The van der Waals surface area contributed by atoms with Crippen LogP contribution in [-0.2, 0) is 27.9 Å². The first-order chi connectivity index (χ1) is 28.8. The summed E-state index contributed by atoms with van der Waals surface area (Å²) in [5.41, 5.74) is 0. The Hall–Kier alpha value is -2.03. The molecule has 2 unspecified atom stereocenters. The van der Waals surface area contributed by atoms with Gasteiger partial charge in [-0.25, -0.2) is 4.57 Å². The lowest BCUT2D eigenvalue weighted by atomic mass is 10.0. The van der Waals surface area contributed by atoms with Gasteiger partial charge >= 0.3 is 13.8 Å². The number of carbonyl (C=O) groups excluding carboxylic acids is 2. The van der Waals surface area contributed by atoms with Crippen LogP contribution in [0.25, 0.3) is 0 Å². The molecule has 0 aromatic carbocycles. The molecule has 0 rings (SSSR count). The van der Waals surface area contributed by atoms with Gasteiger partial charge in [0, 0.05) is 19.4 Å². The summed E-state index contributed by atoms with van der Waals surface area (Å²) < 4.78 is 26.9. The molecule has 0 aliphatic rings. The van der Waals surface area contributed by atoms with Crippen LogP contribution in [0.1, 0.15) is 219 Å². The summed E-state index contributed by atoms with van der Waals surface area (Å²) in [6.45, 7) is 3.52. The number of rotatable bonds is 45. The molecule has 0 heterocycles. The maximum atomic E-state index is 12.1. The highest BCUT2D eigenvalue weighted by molar-refractivity contribution is 7.47. The molecular weight excluding hydrogens is 762 g/mol. The normalized spacial score (nSPS) is 13.6. The zero-order valence-corrected chi connectivity index (χ0v) is 38.8. The van der Waals surface area contributed by atoms with Crippen molar-refractivity contribution in [3.63, 3.8) is 0 Å². The molecule has 0 saturated heterocycles. The molecule has 1 amide bonds. The van der Waals surface area contributed by atoms with Crippen LogP contribution in [0.4, 0.5) is 0 Å². The Morgan fingerprint density at radius 2 is 0.915 bits per heavy atom. The number of aliphatic hydroxyl groups excluding tert-OH is 1. The van der Waals surface area contributed by atoms with E-state index in [9.17, 15) is 24.2 Å². The molecule has 9 nitrogen and oxygen atoms in total. The van der Waals surface area contributed by atoms with Crippen LogP contribution >= 0.6 is 7.82 Å². The smallest absolute Gasteiger partial charge is 0.463 e. The minimum Gasteiger partial charge on any atom is -0.463 e. The first-order valence-electron chi connectivity index (χ1n) is 24.1. The molecule has 0 aliphatic heterocycles. The fourth-order valence-electron chi connectivity index (χ4n) is 6.60. The number of hydrogen-bond donors (Lipinski definition) is 3. The summed E-state index contributed by atoms with van der Waals surface area (Å²) in [6.07, 6.45) is 53.2. The number of phosphoric acid groups is 1. The Labute approximate surface area is 362 Å². The van der Waals surface area contributed by atoms with Gasteiger partial charge in [-0.3, -0.25) is 18.6 Å². The third-order valence-corrected chi connectivity index (χ3v) is 11.2. The lowest BCUT2D eigenvalue weighted by Gasteiger charge is -2.15. The third-order valence-electron chi connectivity index (χ3n) is 10.3. The van der Waals surface area contributed by atoms with Crippen molar-refractivity contribution in [3.05, 3.63) is 48.6 Å². The highest BCUT2D eigenvalue weighted by Gasteiger charge is 2.23. The number of ether oxygens (including phenoxy) is 1. The number of amides is 1. The molecule has 0 spiro atoms. The molecule has 0 saturated carbocycles. The van der Waals surface area contributed by atoms with E-state index in [-0.39, 0.29) is 32.1 Å². The van der Waals surface area contributed by atoms with E-state index in [2.05, 4.69) is 67.8 Å². The van der Waals surface area contributed by atoms with Crippen LogP contribution < -0.4 is 5.32 Å². The van der Waals surface area contributed by atoms with E-state index in [0.29, 0.717) is 6.42 Å². The van der Waals surface area contributed by atoms with Crippen LogP contribution in [0, 0.1) is 0 Å². The first-order valence-corrected chi connectivity index (χ1v) is 25.6. The summed E-state index contributed by atoms with van der Waals surface area (Å²) in [5.74, 6) is -0.530. The maximum absolute atomic E-state index is 12.1. The van der Waals surface area contributed by atoms with Gasteiger partial charge in [-0.1, -0.05) is 197 Å². The zero-order valence-electron chi connectivity index (χ0n) is 37.9. The molecule has 10 heteroatoms. The van der Waals surface area contributed by atoms with Gasteiger partial charge in [0.1, 0.15) is 12.7 Å². The predicted molar refractivity (Wildman–Crippen MR) is 247 cm³/mol. The van der Waals surface area contributed by atoms with Gasteiger partial charge in [0.15, 0.2) is 0 Å². The quantitative estimate of drug-likeness (QED) is 0.0239. The summed E-state index contributed by atoms with van der Waals surface area (Å²) in [7, 11) is -4.43. The SMILES string of the molecule is CCCCC/C=C\C/C=C\C/C=C\C/C=C\CCCCCCCC(=O)NCCOP(=O)(O)OCC(O)COC(=O)CCCCCCCCCCCCCCCCCCC. The highest BCUT2D eigenvalue weighted by atomic mass is 31.2. The lowest BCUT2D eigenvalue weighted by Crippen LogP contribution is -2.27. The van der Waals surface area contributed by atoms with Crippen molar-refractivity contribution < 1.29 is 37.9 Å². The second kappa shape index (κ2) is 45.5. The summed E-state index contributed by atoms with van der Waals surface area (Å²) in [4.78, 5) is 34.0. The summed E-state index contributed by atoms with van der Waals surface area (Å²) >= 11 is 0. The molecule has 3 N–H and O–H groups in total.